The Balaban J connectivity index is 1.14. The highest BCUT2D eigenvalue weighted by Gasteiger charge is 2.62. The van der Waals surface area contributed by atoms with Crippen molar-refractivity contribution in [1.29, 1.82) is 0 Å². The first-order valence-electron chi connectivity index (χ1n) is 25.1. The molecule has 0 saturated heterocycles. The van der Waals surface area contributed by atoms with Gasteiger partial charge < -0.3 is 0 Å². The first-order chi connectivity index (χ1) is 35.3. The van der Waals surface area contributed by atoms with Crippen molar-refractivity contribution >= 4 is 34.7 Å². The Morgan fingerprint density at radius 3 is 0.417 bits per heavy atom. The maximum Gasteiger partial charge on any atom is 0.167 e. The van der Waals surface area contributed by atoms with E-state index in [9.17, 15) is 0 Å². The average Bonchev–Trinajstić information content (AvgIpc) is 3.41. The zero-order valence-electron chi connectivity index (χ0n) is 39.2. The van der Waals surface area contributed by atoms with Gasteiger partial charge in [-0.25, -0.2) is 0 Å². The number of carbonyl (C=O) groups excluding carboxylic acids is 6. The van der Waals surface area contributed by atoms with Crippen LogP contribution in [-0.4, -0.2) is 34.7 Å². The summed E-state index contributed by atoms with van der Waals surface area (Å²) < 4.78 is 0. The number of ketones is 6. The summed E-state index contributed by atoms with van der Waals surface area (Å²) in [5.74, 6) is -10.0. The minimum absolute atomic E-state index is 0.212. The normalized spacial score (nSPS) is 28.2. The third-order valence-electron chi connectivity index (χ3n) is 17.1. The van der Waals surface area contributed by atoms with Crippen molar-refractivity contribution < 1.29 is 28.8 Å². The third-order valence-corrected chi connectivity index (χ3v) is 17.1. The van der Waals surface area contributed by atoms with Gasteiger partial charge in [-0.15, -0.1) is 0 Å². The molecule has 0 N–H and O–H groups in total. The summed E-state index contributed by atoms with van der Waals surface area (Å²) in [4.78, 5) is 96.5. The van der Waals surface area contributed by atoms with Gasteiger partial charge in [0.2, 0.25) is 0 Å². The number of benzene rings is 8. The number of rotatable bonds is 6. The van der Waals surface area contributed by atoms with Crippen molar-refractivity contribution in [2.75, 3.05) is 0 Å². The molecule has 348 valence electrons. The molecule has 0 atom stereocenters. The van der Waals surface area contributed by atoms with Crippen molar-refractivity contribution in [2.24, 2.45) is 35.5 Å². The summed E-state index contributed by atoms with van der Waals surface area (Å²) in [7, 11) is 0. The van der Waals surface area contributed by atoms with Crippen LogP contribution < -0.4 is 0 Å². The minimum atomic E-state index is -0.784. The monoisotopic (exact) mass is 936 g/mol. The minimum Gasteiger partial charge on any atom is -0.294 e. The second-order valence-corrected chi connectivity index (χ2v) is 20.6. The first kappa shape index (κ1) is 43.8. The van der Waals surface area contributed by atoms with Crippen molar-refractivity contribution in [1.82, 2.24) is 0 Å². The lowest BCUT2D eigenvalue weighted by Crippen LogP contribution is -2.53. The Labute approximate surface area is 417 Å². The molecule has 3 fully saturated rings. The summed E-state index contributed by atoms with van der Waals surface area (Å²) in [6.07, 6.45) is 0. The fourth-order valence-electron chi connectivity index (χ4n) is 14.0. The van der Waals surface area contributed by atoms with Crippen molar-refractivity contribution in [3.05, 3.63) is 285 Å². The van der Waals surface area contributed by atoms with Crippen molar-refractivity contribution in [3.63, 3.8) is 0 Å². The Morgan fingerprint density at radius 1 is 0.167 bits per heavy atom. The van der Waals surface area contributed by atoms with E-state index < -0.39 is 71.0 Å². The molecule has 6 heteroatoms. The summed E-state index contributed by atoms with van der Waals surface area (Å²) in [5, 5.41) is 0. The highest BCUT2D eigenvalue weighted by molar-refractivity contribution is 6.15. The van der Waals surface area contributed by atoms with Gasteiger partial charge in [-0.3, -0.25) is 28.8 Å². The first-order valence-corrected chi connectivity index (χ1v) is 25.1. The van der Waals surface area contributed by atoms with Crippen LogP contribution in [0.1, 0.15) is 131 Å². The molecule has 6 aliphatic rings. The van der Waals surface area contributed by atoms with Crippen LogP contribution in [0.5, 0.6) is 0 Å². The number of hydrogen-bond donors (Lipinski definition) is 0. The van der Waals surface area contributed by atoms with Gasteiger partial charge in [0, 0.05) is 104 Å². The maximum atomic E-state index is 16.1. The Hall–Kier alpha value is -8.22. The van der Waals surface area contributed by atoms with Crippen molar-refractivity contribution in [2.45, 2.75) is 35.5 Å². The molecule has 6 aliphatic carbocycles. The van der Waals surface area contributed by atoms with Gasteiger partial charge in [0.25, 0.3) is 0 Å². The van der Waals surface area contributed by atoms with Crippen LogP contribution in [0, 0.1) is 35.5 Å². The summed E-state index contributed by atoms with van der Waals surface area (Å²) in [6, 6.07) is 67.4. The molecule has 0 aliphatic heterocycles. The van der Waals surface area contributed by atoms with Crippen LogP contribution in [0.3, 0.4) is 0 Å². The third kappa shape index (κ3) is 6.76. The molecular weight excluding hydrogens is 889 g/mol. The molecule has 8 aromatic rings. The van der Waals surface area contributed by atoms with Gasteiger partial charge in [-0.05, 0) is 69.8 Å². The smallest absolute Gasteiger partial charge is 0.167 e. The lowest BCUT2D eigenvalue weighted by molar-refractivity contribution is 0.0487. The van der Waals surface area contributed by atoms with Crippen LogP contribution in [0.2, 0.25) is 0 Å². The molecule has 0 heterocycles. The van der Waals surface area contributed by atoms with E-state index in [-0.39, 0.29) is 68.1 Å². The summed E-state index contributed by atoms with van der Waals surface area (Å²) >= 11 is 0. The van der Waals surface area contributed by atoms with E-state index in [4.69, 9.17) is 0 Å². The Morgan fingerprint density at radius 2 is 0.292 bits per heavy atom. The summed E-state index contributed by atoms with van der Waals surface area (Å²) in [6.45, 7) is 0. The maximum absolute atomic E-state index is 16.1. The quantitative estimate of drug-likeness (QED) is 0.165. The van der Waals surface area contributed by atoms with E-state index in [0.717, 1.165) is 33.4 Å². The molecule has 0 radical (unpaired) electrons. The molecule has 3 saturated carbocycles. The van der Waals surface area contributed by atoms with Gasteiger partial charge in [-0.2, -0.15) is 0 Å². The van der Waals surface area contributed by atoms with Gasteiger partial charge in [0.15, 0.2) is 34.7 Å². The lowest BCUT2D eigenvalue weighted by Gasteiger charge is -2.53. The molecule has 72 heavy (non-hydrogen) atoms. The molecule has 14 rings (SSSR count). The fourth-order valence-corrected chi connectivity index (χ4v) is 14.0. The van der Waals surface area contributed by atoms with Gasteiger partial charge in [0.05, 0.1) is 0 Å². The second-order valence-electron chi connectivity index (χ2n) is 20.6. The molecule has 12 bridgehead atoms. The molecule has 0 amide bonds. The van der Waals surface area contributed by atoms with E-state index in [1.165, 1.54) is 0 Å². The zero-order chi connectivity index (χ0) is 48.8. The molecule has 6 nitrogen and oxygen atoms in total. The van der Waals surface area contributed by atoms with Crippen LogP contribution >= 0.6 is 0 Å². The number of hydrogen-bond acceptors (Lipinski definition) is 6. The molecule has 0 aromatic heterocycles. The van der Waals surface area contributed by atoms with E-state index in [2.05, 4.69) is 0 Å². The highest BCUT2D eigenvalue weighted by Crippen LogP contribution is 2.63. The molecule has 0 spiro atoms. The van der Waals surface area contributed by atoms with Crippen LogP contribution in [0.25, 0.3) is 0 Å². The summed E-state index contributed by atoms with van der Waals surface area (Å²) in [5.41, 5.74) is 6.06. The van der Waals surface area contributed by atoms with E-state index in [1.54, 1.807) is 36.4 Å². The van der Waals surface area contributed by atoms with Gasteiger partial charge in [0.1, 0.15) is 0 Å². The topological polar surface area (TPSA) is 102 Å². The lowest BCUT2D eigenvalue weighted by atomic mass is 9.47. The molecule has 0 unspecified atom stereocenters. The highest BCUT2D eigenvalue weighted by atomic mass is 16.2. The van der Waals surface area contributed by atoms with Crippen LogP contribution in [0.15, 0.2) is 218 Å². The van der Waals surface area contributed by atoms with Crippen LogP contribution in [0.4, 0.5) is 0 Å². The standard InChI is InChI=1S/C66H48O6/c67-61-43-31-45-35-47(33-43)65(71)59-53(41-27-15-5-16-28-41)60(54(59)42-29-17-6-18-30-42)66(72)48-34-44(62(68)56-49(37-19-7-1-8-20-37)55(61)50(56)38-21-9-2-10-22-38)32-46(36-48)64(70)58-51(39-23-11-3-12-24-39)57(63(45)69)52(58)40-25-13-4-14-26-40/h1-36,49-60H. The van der Waals surface area contributed by atoms with E-state index in [0.29, 0.717) is 0 Å². The van der Waals surface area contributed by atoms with Crippen LogP contribution in [-0.2, 0) is 0 Å². The predicted molar refractivity (Wildman–Crippen MR) is 275 cm³/mol. The number of Topliss-reactive ketones (excluding diaryl/α,β-unsaturated/α-hetero) is 6. The number of carbonyl (C=O) groups is 6. The molecule has 8 aromatic carbocycles. The van der Waals surface area contributed by atoms with E-state index in [1.807, 2.05) is 182 Å². The van der Waals surface area contributed by atoms with Gasteiger partial charge in [-0.1, -0.05) is 182 Å². The largest absolute Gasteiger partial charge is 0.294 e. The SMILES string of the molecule is O=C1c2cc3cc(c2)C(=O)C2C(c4ccccc4)C(C(=O)c4cc(cc(c4)C(=O)C4C(c5ccccc5)C(C3=O)C4c3ccccc3)C(=O)C3C(c4ccccc4)C1C3c1ccccc1)C2c1ccccc1. The predicted octanol–water partition coefficient (Wildman–Crippen LogP) is 13.0. The van der Waals surface area contributed by atoms with Crippen molar-refractivity contribution in [3.8, 4) is 0 Å². The zero-order valence-corrected chi connectivity index (χ0v) is 39.2. The average molecular weight is 937 g/mol. The molecular formula is C66H48O6. The Kier molecular flexibility index (Phi) is 10.5. The Bertz CT molecular complexity index is 2830. The fraction of sp³-hybridized carbons (Fsp3) is 0.182. The van der Waals surface area contributed by atoms with Gasteiger partial charge >= 0.3 is 0 Å². The second kappa shape index (κ2) is 17.3. The van der Waals surface area contributed by atoms with E-state index >= 15 is 28.8 Å².